The maximum Gasteiger partial charge on any atom is -0.0170 e. The summed E-state index contributed by atoms with van der Waals surface area (Å²) < 4.78 is 0. The molecule has 35 valence electrons. The molecule has 0 nitrogen and oxygen atoms in total. The van der Waals surface area contributed by atoms with Crippen molar-refractivity contribution in [3.8, 4) is 0 Å². The lowest BCUT2D eigenvalue weighted by molar-refractivity contribution is 0.905. The van der Waals surface area contributed by atoms with Crippen LogP contribution in [0.1, 0.15) is 26.7 Å². The van der Waals surface area contributed by atoms with E-state index in [4.69, 9.17) is 0 Å². The van der Waals surface area contributed by atoms with Gasteiger partial charge in [-0.15, -0.1) is 0 Å². The molecule has 0 atom stereocenters. The van der Waals surface area contributed by atoms with E-state index in [-0.39, 0.29) is 0 Å². The largest absolute Gasteiger partial charge is 0.0654 e. The van der Waals surface area contributed by atoms with Crippen LogP contribution >= 0.6 is 0 Å². The van der Waals surface area contributed by atoms with Gasteiger partial charge in [-0.05, 0) is 19.3 Å². The fraction of sp³-hybridized carbons (Fsp3) is 0.667. The zero-order valence-electron chi connectivity index (χ0n) is 4.49. The molecule has 0 aromatic rings. The van der Waals surface area contributed by atoms with E-state index < -0.39 is 0 Å². The van der Waals surface area contributed by atoms with Crippen LogP contribution in [0.4, 0.5) is 0 Å². The Labute approximate surface area is 40.6 Å². The van der Waals surface area contributed by atoms with E-state index in [9.17, 15) is 0 Å². The van der Waals surface area contributed by atoms with Crippen LogP contribution in [0.15, 0.2) is 0 Å². The first-order chi connectivity index (χ1) is 2.91. The summed E-state index contributed by atoms with van der Waals surface area (Å²) in [7, 11) is 0. The molecule has 6 heavy (non-hydrogen) atoms. The first kappa shape index (κ1) is 6.00. The zero-order valence-corrected chi connectivity index (χ0v) is 4.49. The van der Waals surface area contributed by atoms with E-state index in [2.05, 4.69) is 19.8 Å². The third kappa shape index (κ3) is 4.00. The molecule has 0 aliphatic heterocycles. The van der Waals surface area contributed by atoms with Crippen molar-refractivity contribution in [2.45, 2.75) is 26.7 Å². The molecule has 0 N–H and O–H groups in total. The molecule has 0 aromatic carbocycles. The molecule has 0 saturated carbocycles. The molecule has 0 fully saturated rings. The Hall–Kier alpha value is 0. The summed E-state index contributed by atoms with van der Waals surface area (Å²) in [5.74, 6) is 0. The molecule has 0 aromatic heterocycles. The summed E-state index contributed by atoms with van der Waals surface area (Å²) in [6.45, 7) is 4.09. The minimum absolute atomic E-state index is 1.18. The average molecular weight is 83.2 g/mol. The molecule has 3 radical (unpaired) electrons. The van der Waals surface area contributed by atoms with E-state index >= 15 is 0 Å². The van der Waals surface area contributed by atoms with Crippen LogP contribution < -0.4 is 0 Å². The third-order valence-electron chi connectivity index (χ3n) is 0.637. The Bertz CT molecular complexity index is 12.0. The average Bonchev–Trinajstić information content (AvgIpc) is 1.61. The van der Waals surface area contributed by atoms with Crippen LogP contribution in [0.5, 0.6) is 0 Å². The summed E-state index contributed by atoms with van der Waals surface area (Å²) in [5, 5.41) is 0. The molecule has 0 aliphatic carbocycles. The van der Waals surface area contributed by atoms with E-state index in [1.54, 1.807) is 0 Å². The smallest absolute Gasteiger partial charge is 0.0170 e. The van der Waals surface area contributed by atoms with E-state index in [1.807, 2.05) is 6.92 Å². The van der Waals surface area contributed by atoms with Gasteiger partial charge in [-0.2, -0.15) is 0 Å². The number of unbranched alkanes of at least 4 members (excludes halogenated alkanes) is 3. The van der Waals surface area contributed by atoms with Gasteiger partial charge in [0.1, 0.15) is 0 Å². The maximum absolute atomic E-state index is 2.94. The summed E-state index contributed by atoms with van der Waals surface area (Å²) in [4.78, 5) is 0. The molecular weight excluding hydrogens is 72.1 g/mol. The lowest BCUT2D eigenvalue weighted by Crippen LogP contribution is -1.69. The van der Waals surface area contributed by atoms with Gasteiger partial charge in [-0.3, -0.25) is 0 Å². The highest BCUT2D eigenvalue weighted by Crippen LogP contribution is 1.92. The molecule has 0 heterocycles. The van der Waals surface area contributed by atoms with Crippen molar-refractivity contribution < 1.29 is 0 Å². The van der Waals surface area contributed by atoms with Crippen molar-refractivity contribution in [2.75, 3.05) is 0 Å². The van der Waals surface area contributed by atoms with Gasteiger partial charge in [0, 0.05) is 0 Å². The fourth-order valence-electron chi connectivity index (χ4n) is 0.289. The van der Waals surface area contributed by atoms with E-state index in [0.29, 0.717) is 0 Å². The van der Waals surface area contributed by atoms with Gasteiger partial charge in [-0.1, -0.05) is 20.3 Å². The van der Waals surface area contributed by atoms with Crippen LogP contribution in [-0.2, 0) is 0 Å². The molecule has 0 aliphatic rings. The first-order valence-corrected chi connectivity index (χ1v) is 2.40. The molecule has 0 saturated heterocycles. The maximum atomic E-state index is 2.94. The van der Waals surface area contributed by atoms with Gasteiger partial charge in [-0.25, -0.2) is 0 Å². The van der Waals surface area contributed by atoms with Gasteiger partial charge in [0.2, 0.25) is 0 Å². The molecule has 0 unspecified atom stereocenters. The SMILES string of the molecule is C[C][CH]CCC. The second-order valence-electron chi connectivity index (χ2n) is 1.28. The summed E-state index contributed by atoms with van der Waals surface area (Å²) in [6.07, 6.45) is 7.41. The van der Waals surface area contributed by atoms with Crippen LogP contribution in [0.3, 0.4) is 0 Å². The number of hydrogen-bond donors (Lipinski definition) is 0. The molecule has 0 rings (SSSR count). The third-order valence-corrected chi connectivity index (χ3v) is 0.637. The predicted octanol–water partition coefficient (Wildman–Crippen LogP) is 2.09. The van der Waals surface area contributed by atoms with E-state index in [1.165, 1.54) is 12.8 Å². The van der Waals surface area contributed by atoms with Crippen LogP contribution in [0.25, 0.3) is 0 Å². The van der Waals surface area contributed by atoms with Crippen LogP contribution in [-0.4, -0.2) is 0 Å². The lowest BCUT2D eigenvalue weighted by Gasteiger charge is -1.84. The van der Waals surface area contributed by atoms with Gasteiger partial charge in [0.15, 0.2) is 0 Å². The van der Waals surface area contributed by atoms with Gasteiger partial charge in [0.25, 0.3) is 0 Å². The number of rotatable bonds is 3. The van der Waals surface area contributed by atoms with Crippen molar-refractivity contribution in [1.82, 2.24) is 0 Å². The lowest BCUT2D eigenvalue weighted by atomic mass is 10.2. The van der Waals surface area contributed by atoms with Gasteiger partial charge in [0.05, 0.1) is 0 Å². The Morgan fingerprint density at radius 1 is 1.67 bits per heavy atom. The van der Waals surface area contributed by atoms with Gasteiger partial charge < -0.3 is 0 Å². The van der Waals surface area contributed by atoms with Crippen molar-refractivity contribution >= 4 is 0 Å². The van der Waals surface area contributed by atoms with Crippen molar-refractivity contribution in [1.29, 1.82) is 0 Å². The van der Waals surface area contributed by atoms with Crippen molar-refractivity contribution in [2.24, 2.45) is 0 Å². The second-order valence-corrected chi connectivity index (χ2v) is 1.28. The Kier molecular flexibility index (Phi) is 5.00. The first-order valence-electron chi connectivity index (χ1n) is 2.40. The summed E-state index contributed by atoms with van der Waals surface area (Å²) >= 11 is 0. The summed E-state index contributed by atoms with van der Waals surface area (Å²) in [5.41, 5.74) is 0. The van der Waals surface area contributed by atoms with Crippen molar-refractivity contribution in [3.05, 3.63) is 12.8 Å². The normalized spacial score (nSPS) is 9.00. The molecule has 0 amide bonds. The molecule has 0 spiro atoms. The minimum atomic E-state index is 1.18. The zero-order chi connectivity index (χ0) is 4.83. The molecule has 0 bridgehead atoms. The summed E-state index contributed by atoms with van der Waals surface area (Å²) in [6, 6.07) is 0. The Morgan fingerprint density at radius 3 is 2.50 bits per heavy atom. The predicted molar refractivity (Wildman–Crippen MR) is 28.1 cm³/mol. The monoisotopic (exact) mass is 83.1 g/mol. The standard InChI is InChI=1S/C6H11/c1-3-5-6-4-2/h6H,3,5H2,1-2H3. The molecule has 0 heteroatoms. The van der Waals surface area contributed by atoms with Crippen LogP contribution in [0, 0.1) is 12.8 Å². The highest BCUT2D eigenvalue weighted by Gasteiger charge is 1.76. The minimum Gasteiger partial charge on any atom is -0.0654 e. The topological polar surface area (TPSA) is 0 Å². The highest BCUT2D eigenvalue weighted by molar-refractivity contribution is 4.76. The van der Waals surface area contributed by atoms with E-state index in [0.717, 1.165) is 0 Å². The molecular formula is C6H11. The Morgan fingerprint density at radius 2 is 2.33 bits per heavy atom. The van der Waals surface area contributed by atoms with Crippen molar-refractivity contribution in [3.63, 3.8) is 0 Å². The second kappa shape index (κ2) is 5.00. The van der Waals surface area contributed by atoms with Gasteiger partial charge >= 0.3 is 0 Å². The Balaban J connectivity index is 2.34. The highest BCUT2D eigenvalue weighted by atomic mass is 13.8. The van der Waals surface area contributed by atoms with Crippen LogP contribution in [0.2, 0.25) is 0 Å². The quantitative estimate of drug-likeness (QED) is 0.458. The number of hydrogen-bond acceptors (Lipinski definition) is 0. The fourth-order valence-corrected chi connectivity index (χ4v) is 0.289.